The molecule has 5 nitrogen and oxygen atoms in total. The van der Waals surface area contributed by atoms with Gasteiger partial charge in [-0.2, -0.15) is 0 Å². The smallest absolute Gasteiger partial charge is 0.338 e. The molecule has 0 saturated carbocycles. The number of hydrogen-bond donors (Lipinski definition) is 1. The number of nitrogens with one attached hydrogen (secondary N) is 1. The van der Waals surface area contributed by atoms with E-state index in [4.69, 9.17) is 9.47 Å². The van der Waals surface area contributed by atoms with Gasteiger partial charge in [0.2, 0.25) is 0 Å². The highest BCUT2D eigenvalue weighted by molar-refractivity contribution is 5.95. The Morgan fingerprint density at radius 3 is 2.30 bits per heavy atom. The summed E-state index contributed by atoms with van der Waals surface area (Å²) in [5.41, 5.74) is 1.03. The molecule has 1 amide bonds. The van der Waals surface area contributed by atoms with Crippen LogP contribution in [0.1, 0.15) is 24.2 Å². The number of carbonyl (C=O) groups excluding carboxylic acids is 2. The van der Waals surface area contributed by atoms with Crippen molar-refractivity contribution in [3.05, 3.63) is 60.2 Å². The molecule has 120 valence electrons. The summed E-state index contributed by atoms with van der Waals surface area (Å²) in [6.45, 7) is 3.75. The van der Waals surface area contributed by atoms with Crippen LogP contribution >= 0.6 is 0 Å². The number of hydrogen-bond acceptors (Lipinski definition) is 4. The molecule has 0 radical (unpaired) electrons. The molecule has 2 rings (SSSR count). The molecule has 5 heteroatoms. The van der Waals surface area contributed by atoms with Gasteiger partial charge in [-0.3, -0.25) is 4.79 Å². The highest BCUT2D eigenvalue weighted by atomic mass is 16.5. The molecule has 23 heavy (non-hydrogen) atoms. The SMILES string of the molecule is CCOC(=O)c1ccc(NC(=O)[C@@H](C)Oc2ccccc2)cc1. The van der Waals surface area contributed by atoms with E-state index >= 15 is 0 Å². The molecule has 1 atom stereocenters. The minimum Gasteiger partial charge on any atom is -0.481 e. The van der Waals surface area contributed by atoms with Crippen LogP contribution in [0.25, 0.3) is 0 Å². The lowest BCUT2D eigenvalue weighted by molar-refractivity contribution is -0.122. The summed E-state index contributed by atoms with van der Waals surface area (Å²) in [6, 6.07) is 15.7. The maximum Gasteiger partial charge on any atom is 0.338 e. The second-order valence-corrected chi connectivity index (χ2v) is 4.86. The van der Waals surface area contributed by atoms with Crippen molar-refractivity contribution in [3.63, 3.8) is 0 Å². The standard InChI is InChI=1S/C18H19NO4/c1-3-22-18(21)14-9-11-15(12-10-14)19-17(20)13(2)23-16-7-5-4-6-8-16/h4-13H,3H2,1-2H3,(H,19,20)/t13-/m1/s1. The van der Waals surface area contributed by atoms with Crippen LogP contribution in [0, 0.1) is 0 Å². The molecule has 2 aromatic carbocycles. The molecule has 0 spiro atoms. The largest absolute Gasteiger partial charge is 0.481 e. The number of para-hydroxylation sites is 1. The second kappa shape index (κ2) is 7.98. The Bertz CT molecular complexity index is 652. The van der Waals surface area contributed by atoms with Crippen LogP contribution in [0.5, 0.6) is 5.75 Å². The van der Waals surface area contributed by atoms with Gasteiger partial charge in [0.15, 0.2) is 6.10 Å². The van der Waals surface area contributed by atoms with Crippen LogP contribution in [-0.2, 0) is 9.53 Å². The molecule has 0 heterocycles. The van der Waals surface area contributed by atoms with E-state index in [0.717, 1.165) is 0 Å². The van der Waals surface area contributed by atoms with Gasteiger partial charge in [-0.05, 0) is 50.2 Å². The normalized spacial score (nSPS) is 11.4. The minimum atomic E-state index is -0.637. The number of carbonyl (C=O) groups is 2. The van der Waals surface area contributed by atoms with Crippen LogP contribution in [0.2, 0.25) is 0 Å². The van der Waals surface area contributed by atoms with Crippen molar-refractivity contribution in [1.29, 1.82) is 0 Å². The summed E-state index contributed by atoms with van der Waals surface area (Å²) < 4.78 is 10.5. The van der Waals surface area contributed by atoms with E-state index in [9.17, 15) is 9.59 Å². The highest BCUT2D eigenvalue weighted by Crippen LogP contribution is 2.14. The Morgan fingerprint density at radius 1 is 1.04 bits per heavy atom. The van der Waals surface area contributed by atoms with Crippen LogP contribution in [0.15, 0.2) is 54.6 Å². The van der Waals surface area contributed by atoms with Gasteiger partial charge in [-0.15, -0.1) is 0 Å². The molecular weight excluding hydrogens is 294 g/mol. The highest BCUT2D eigenvalue weighted by Gasteiger charge is 2.15. The van der Waals surface area contributed by atoms with Gasteiger partial charge < -0.3 is 14.8 Å². The average molecular weight is 313 g/mol. The molecule has 0 bridgehead atoms. The molecule has 0 saturated heterocycles. The van der Waals surface area contributed by atoms with Crippen molar-refractivity contribution in [3.8, 4) is 5.75 Å². The van der Waals surface area contributed by atoms with E-state index in [2.05, 4.69) is 5.32 Å². The summed E-state index contributed by atoms with van der Waals surface area (Å²) in [6.07, 6.45) is -0.637. The number of esters is 1. The Labute approximate surface area is 135 Å². The van der Waals surface area contributed by atoms with Crippen molar-refractivity contribution >= 4 is 17.6 Å². The Morgan fingerprint density at radius 2 is 1.70 bits per heavy atom. The number of anilines is 1. The molecule has 1 N–H and O–H groups in total. The molecule has 0 aliphatic rings. The van der Waals surface area contributed by atoms with Crippen molar-refractivity contribution in [2.75, 3.05) is 11.9 Å². The molecular formula is C18H19NO4. The number of ether oxygens (including phenoxy) is 2. The lowest BCUT2D eigenvalue weighted by atomic mass is 10.2. The molecule has 0 fully saturated rings. The predicted molar refractivity (Wildman–Crippen MR) is 87.6 cm³/mol. The lowest BCUT2D eigenvalue weighted by Crippen LogP contribution is -2.30. The molecule has 2 aromatic rings. The number of rotatable bonds is 6. The zero-order valence-electron chi connectivity index (χ0n) is 13.1. The first-order valence-corrected chi connectivity index (χ1v) is 7.40. The van der Waals surface area contributed by atoms with Crippen LogP contribution in [0.3, 0.4) is 0 Å². The number of amides is 1. The number of benzene rings is 2. The first-order chi connectivity index (χ1) is 11.1. The van der Waals surface area contributed by atoms with E-state index in [0.29, 0.717) is 23.6 Å². The van der Waals surface area contributed by atoms with Gasteiger partial charge in [0.05, 0.1) is 12.2 Å². The minimum absolute atomic E-state index is 0.266. The third-order valence-corrected chi connectivity index (χ3v) is 3.09. The molecule has 0 unspecified atom stereocenters. The first-order valence-electron chi connectivity index (χ1n) is 7.40. The van der Waals surface area contributed by atoms with E-state index in [-0.39, 0.29) is 11.9 Å². The molecule has 0 aliphatic carbocycles. The summed E-state index contributed by atoms with van der Waals surface area (Å²) in [5, 5.41) is 2.74. The lowest BCUT2D eigenvalue weighted by Gasteiger charge is -2.14. The maximum atomic E-state index is 12.1. The van der Waals surface area contributed by atoms with Crippen LogP contribution < -0.4 is 10.1 Å². The Kier molecular flexibility index (Phi) is 5.74. The fourth-order valence-electron chi connectivity index (χ4n) is 1.90. The van der Waals surface area contributed by atoms with E-state index in [1.54, 1.807) is 50.2 Å². The zero-order chi connectivity index (χ0) is 16.7. The zero-order valence-corrected chi connectivity index (χ0v) is 13.1. The fraction of sp³-hybridized carbons (Fsp3) is 0.222. The van der Waals surface area contributed by atoms with Crippen molar-refractivity contribution in [1.82, 2.24) is 0 Å². The maximum absolute atomic E-state index is 12.1. The Balaban J connectivity index is 1.93. The van der Waals surface area contributed by atoms with Gasteiger partial charge >= 0.3 is 5.97 Å². The van der Waals surface area contributed by atoms with Crippen LogP contribution in [-0.4, -0.2) is 24.6 Å². The van der Waals surface area contributed by atoms with Crippen LogP contribution in [0.4, 0.5) is 5.69 Å². The second-order valence-electron chi connectivity index (χ2n) is 4.86. The summed E-state index contributed by atoms with van der Waals surface area (Å²) in [4.78, 5) is 23.7. The van der Waals surface area contributed by atoms with Gasteiger partial charge in [0, 0.05) is 5.69 Å². The summed E-state index contributed by atoms with van der Waals surface area (Å²) >= 11 is 0. The molecule has 0 aliphatic heterocycles. The quantitative estimate of drug-likeness (QED) is 0.831. The van der Waals surface area contributed by atoms with E-state index in [1.165, 1.54) is 0 Å². The van der Waals surface area contributed by atoms with Crippen molar-refractivity contribution in [2.45, 2.75) is 20.0 Å². The summed E-state index contributed by atoms with van der Waals surface area (Å²) in [5.74, 6) is -0.0169. The molecule has 0 aromatic heterocycles. The van der Waals surface area contributed by atoms with Crippen molar-refractivity contribution < 1.29 is 19.1 Å². The first kappa shape index (κ1) is 16.5. The fourth-order valence-corrected chi connectivity index (χ4v) is 1.90. The van der Waals surface area contributed by atoms with Gasteiger partial charge in [0.25, 0.3) is 5.91 Å². The van der Waals surface area contributed by atoms with Gasteiger partial charge in [0.1, 0.15) is 5.75 Å². The predicted octanol–water partition coefficient (Wildman–Crippen LogP) is 3.27. The topological polar surface area (TPSA) is 64.6 Å². The third-order valence-electron chi connectivity index (χ3n) is 3.09. The van der Waals surface area contributed by atoms with Gasteiger partial charge in [-0.1, -0.05) is 18.2 Å². The third kappa shape index (κ3) is 4.85. The van der Waals surface area contributed by atoms with E-state index in [1.807, 2.05) is 18.2 Å². The summed E-state index contributed by atoms with van der Waals surface area (Å²) in [7, 11) is 0. The van der Waals surface area contributed by atoms with E-state index < -0.39 is 6.10 Å². The van der Waals surface area contributed by atoms with Crippen molar-refractivity contribution in [2.24, 2.45) is 0 Å². The average Bonchev–Trinajstić information content (AvgIpc) is 2.56. The Hall–Kier alpha value is -2.82. The monoisotopic (exact) mass is 313 g/mol. The van der Waals surface area contributed by atoms with Gasteiger partial charge in [-0.25, -0.2) is 4.79 Å².